The second-order valence-corrected chi connectivity index (χ2v) is 10.9. The van der Waals surface area contributed by atoms with Crippen molar-refractivity contribution in [1.82, 2.24) is 30.2 Å². The second kappa shape index (κ2) is 9.12. The Morgan fingerprint density at radius 3 is 2.64 bits per heavy atom. The molecule has 4 aliphatic rings. The van der Waals surface area contributed by atoms with Gasteiger partial charge in [0, 0.05) is 57.3 Å². The van der Waals surface area contributed by atoms with E-state index in [9.17, 15) is 4.79 Å². The quantitative estimate of drug-likeness (QED) is 0.570. The summed E-state index contributed by atoms with van der Waals surface area (Å²) in [6, 6.07) is 8.36. The van der Waals surface area contributed by atoms with Crippen molar-refractivity contribution in [3.63, 3.8) is 0 Å². The fourth-order valence-electron chi connectivity index (χ4n) is 6.13. The zero-order chi connectivity index (χ0) is 24.1. The molecule has 2 aromatic heterocycles. The summed E-state index contributed by atoms with van der Waals surface area (Å²) in [7, 11) is 0. The number of rotatable bonds is 6. The van der Waals surface area contributed by atoms with E-state index in [1.165, 1.54) is 5.56 Å². The normalized spacial score (nSPS) is 24.9. The van der Waals surface area contributed by atoms with Crippen molar-refractivity contribution in [2.75, 3.05) is 39.4 Å². The lowest BCUT2D eigenvalue weighted by molar-refractivity contribution is 0.0233. The highest BCUT2D eigenvalue weighted by molar-refractivity contribution is 5.94. The number of benzene rings is 1. The Hall–Kier alpha value is -3.04. The van der Waals surface area contributed by atoms with Crippen molar-refractivity contribution >= 4 is 16.9 Å². The molecule has 3 saturated heterocycles. The van der Waals surface area contributed by atoms with Gasteiger partial charge >= 0.3 is 0 Å². The van der Waals surface area contributed by atoms with E-state index in [4.69, 9.17) is 9.47 Å². The second-order valence-electron chi connectivity index (χ2n) is 10.9. The van der Waals surface area contributed by atoms with Crippen LogP contribution < -0.4 is 4.74 Å². The molecular formula is C27H32N6O3. The summed E-state index contributed by atoms with van der Waals surface area (Å²) in [5.41, 5.74) is 4.95. The predicted molar refractivity (Wildman–Crippen MR) is 133 cm³/mol. The van der Waals surface area contributed by atoms with E-state index in [1.807, 2.05) is 11.0 Å². The van der Waals surface area contributed by atoms with E-state index in [0.717, 1.165) is 94.1 Å². The minimum atomic E-state index is 0.111. The standard InChI is InChI=1S/C27H32N6O3/c34-27(19-10-23(18-2-3-18)26(28-11-19)36-22-5-7-35-8-6-22)33-15-20-13-32(14-21(20)16-33)12-17-1-4-24-25(9-17)30-31-29-24/h1,4,9-11,18,20-22H,2-3,5-8,12-16H2,(H,29,30,31). The lowest BCUT2D eigenvalue weighted by Gasteiger charge is -2.24. The van der Waals surface area contributed by atoms with Gasteiger partial charge in [-0.1, -0.05) is 11.3 Å². The van der Waals surface area contributed by atoms with Gasteiger partial charge in [0.05, 0.1) is 24.3 Å². The van der Waals surface area contributed by atoms with E-state index in [-0.39, 0.29) is 12.0 Å². The molecule has 0 spiro atoms. The minimum Gasteiger partial charge on any atom is -0.474 e. The van der Waals surface area contributed by atoms with E-state index >= 15 is 0 Å². The van der Waals surface area contributed by atoms with Crippen LogP contribution in [-0.2, 0) is 11.3 Å². The highest BCUT2D eigenvalue weighted by Gasteiger charge is 2.42. The molecule has 1 aliphatic carbocycles. The zero-order valence-electron chi connectivity index (χ0n) is 20.4. The monoisotopic (exact) mass is 488 g/mol. The van der Waals surface area contributed by atoms with Crippen LogP contribution in [0.3, 0.4) is 0 Å². The molecule has 36 heavy (non-hydrogen) atoms. The summed E-state index contributed by atoms with van der Waals surface area (Å²) in [6.07, 6.45) is 5.98. The minimum absolute atomic E-state index is 0.111. The highest BCUT2D eigenvalue weighted by Crippen LogP contribution is 2.44. The third-order valence-corrected chi connectivity index (χ3v) is 8.24. The maximum Gasteiger partial charge on any atom is 0.255 e. The molecule has 2 atom stereocenters. The smallest absolute Gasteiger partial charge is 0.255 e. The Kier molecular flexibility index (Phi) is 5.62. The van der Waals surface area contributed by atoms with Crippen LogP contribution in [0, 0.1) is 11.8 Å². The molecule has 7 rings (SSSR count). The molecular weight excluding hydrogens is 456 g/mol. The Bertz CT molecular complexity index is 1250. The fraction of sp³-hybridized carbons (Fsp3) is 0.556. The van der Waals surface area contributed by atoms with E-state index in [1.54, 1.807) is 6.20 Å². The van der Waals surface area contributed by atoms with Crippen molar-refractivity contribution < 1.29 is 14.3 Å². The molecule has 1 amide bonds. The number of likely N-dealkylation sites (tertiary alicyclic amines) is 2. The predicted octanol–water partition coefficient (Wildman–Crippen LogP) is 2.99. The van der Waals surface area contributed by atoms with E-state index in [0.29, 0.717) is 23.3 Å². The van der Waals surface area contributed by atoms with E-state index in [2.05, 4.69) is 43.5 Å². The molecule has 9 heteroatoms. The van der Waals surface area contributed by atoms with Crippen LogP contribution in [0.2, 0.25) is 0 Å². The molecule has 0 radical (unpaired) electrons. The van der Waals surface area contributed by atoms with Gasteiger partial charge in [0.15, 0.2) is 0 Å². The molecule has 5 heterocycles. The van der Waals surface area contributed by atoms with Gasteiger partial charge in [-0.15, -0.1) is 5.10 Å². The summed E-state index contributed by atoms with van der Waals surface area (Å²) in [5.74, 6) is 2.36. The number of fused-ring (bicyclic) bond motifs is 2. The van der Waals surface area contributed by atoms with Gasteiger partial charge in [0.2, 0.25) is 5.88 Å². The number of nitrogens with zero attached hydrogens (tertiary/aromatic N) is 5. The van der Waals surface area contributed by atoms with Gasteiger partial charge in [-0.25, -0.2) is 4.98 Å². The SMILES string of the molecule is O=C(c1cnc(OC2CCOCC2)c(C2CC2)c1)N1CC2CN(Cc3ccc4[nH]nnc4c3)CC2C1. The third kappa shape index (κ3) is 4.35. The zero-order valence-corrected chi connectivity index (χ0v) is 20.4. The number of pyridine rings is 1. The maximum absolute atomic E-state index is 13.4. The Labute approximate surface area is 210 Å². The number of hydrogen-bond donors (Lipinski definition) is 1. The number of hydrogen-bond acceptors (Lipinski definition) is 7. The lowest BCUT2D eigenvalue weighted by atomic mass is 10.0. The van der Waals surface area contributed by atoms with Crippen LogP contribution >= 0.6 is 0 Å². The number of aromatic nitrogens is 4. The summed E-state index contributed by atoms with van der Waals surface area (Å²) >= 11 is 0. The summed E-state index contributed by atoms with van der Waals surface area (Å²) in [5, 5.41) is 10.9. The highest BCUT2D eigenvalue weighted by atomic mass is 16.5. The molecule has 3 aromatic rings. The lowest BCUT2D eigenvalue weighted by Crippen LogP contribution is -2.33. The van der Waals surface area contributed by atoms with Gasteiger partial charge in [0.1, 0.15) is 11.6 Å². The number of nitrogens with one attached hydrogen (secondary N) is 1. The van der Waals surface area contributed by atoms with Gasteiger partial charge in [-0.3, -0.25) is 14.8 Å². The molecule has 4 fully saturated rings. The van der Waals surface area contributed by atoms with Gasteiger partial charge in [-0.05, 0) is 54.4 Å². The van der Waals surface area contributed by atoms with Crippen LogP contribution in [0.1, 0.15) is 53.1 Å². The maximum atomic E-state index is 13.4. The number of aromatic amines is 1. The largest absolute Gasteiger partial charge is 0.474 e. The topological polar surface area (TPSA) is 96.5 Å². The first kappa shape index (κ1) is 22.2. The summed E-state index contributed by atoms with van der Waals surface area (Å²) < 4.78 is 11.7. The Morgan fingerprint density at radius 2 is 1.86 bits per heavy atom. The number of ether oxygens (including phenoxy) is 2. The van der Waals surface area contributed by atoms with Crippen molar-refractivity contribution in [3.8, 4) is 5.88 Å². The third-order valence-electron chi connectivity index (χ3n) is 8.24. The van der Waals surface area contributed by atoms with Crippen LogP contribution in [-0.4, -0.2) is 81.6 Å². The van der Waals surface area contributed by atoms with Gasteiger partial charge in [0.25, 0.3) is 5.91 Å². The van der Waals surface area contributed by atoms with Gasteiger partial charge in [-0.2, -0.15) is 0 Å². The Morgan fingerprint density at radius 1 is 1.06 bits per heavy atom. The molecule has 188 valence electrons. The van der Waals surface area contributed by atoms with Crippen LogP contribution in [0.25, 0.3) is 11.0 Å². The number of H-pyrrole nitrogens is 1. The molecule has 1 N–H and O–H groups in total. The number of carbonyl (C=O) groups is 1. The van der Waals surface area contributed by atoms with Crippen LogP contribution in [0.4, 0.5) is 0 Å². The van der Waals surface area contributed by atoms with Crippen LogP contribution in [0.5, 0.6) is 5.88 Å². The molecule has 1 saturated carbocycles. The van der Waals surface area contributed by atoms with Gasteiger partial charge < -0.3 is 14.4 Å². The first-order chi connectivity index (χ1) is 17.7. The molecule has 9 nitrogen and oxygen atoms in total. The molecule has 0 bridgehead atoms. The summed E-state index contributed by atoms with van der Waals surface area (Å²) in [6.45, 7) is 6.08. The van der Waals surface area contributed by atoms with Crippen molar-refractivity contribution in [1.29, 1.82) is 0 Å². The van der Waals surface area contributed by atoms with Crippen molar-refractivity contribution in [2.45, 2.75) is 44.2 Å². The van der Waals surface area contributed by atoms with Crippen molar-refractivity contribution in [2.24, 2.45) is 11.8 Å². The average Bonchev–Trinajstić information content (AvgIpc) is 3.32. The molecule has 1 aromatic carbocycles. The Balaban J connectivity index is 0.991. The average molecular weight is 489 g/mol. The molecule has 3 aliphatic heterocycles. The number of carbonyl (C=O) groups excluding carboxylic acids is 1. The summed E-state index contributed by atoms with van der Waals surface area (Å²) in [4.78, 5) is 22.6. The molecule has 2 unspecified atom stereocenters. The fourth-order valence-corrected chi connectivity index (χ4v) is 6.13. The number of amides is 1. The van der Waals surface area contributed by atoms with Crippen LogP contribution in [0.15, 0.2) is 30.5 Å². The van der Waals surface area contributed by atoms with E-state index < -0.39 is 0 Å². The first-order valence-corrected chi connectivity index (χ1v) is 13.3. The van der Waals surface area contributed by atoms with Crippen molar-refractivity contribution in [3.05, 3.63) is 47.2 Å². The first-order valence-electron chi connectivity index (χ1n) is 13.3.